The van der Waals surface area contributed by atoms with E-state index in [9.17, 15) is 4.79 Å². The van der Waals surface area contributed by atoms with Crippen molar-refractivity contribution < 1.29 is 19.1 Å². The van der Waals surface area contributed by atoms with Crippen LogP contribution in [0.2, 0.25) is 0 Å². The summed E-state index contributed by atoms with van der Waals surface area (Å²) in [4.78, 5) is 16.7. The molecule has 1 amide bonds. The topological polar surface area (TPSA) is 69.2 Å². The fourth-order valence-electron chi connectivity index (χ4n) is 2.27. The minimum absolute atomic E-state index is 0.136. The molecule has 0 saturated carbocycles. The highest BCUT2D eigenvalue weighted by molar-refractivity contribution is 5.81. The molecule has 2 aromatic carbocycles. The Hall–Kier alpha value is -3.02. The zero-order valence-electron chi connectivity index (χ0n) is 16.2. The van der Waals surface area contributed by atoms with Crippen molar-refractivity contribution in [2.45, 2.75) is 32.9 Å². The molecule has 0 spiro atoms. The van der Waals surface area contributed by atoms with E-state index in [1.807, 2.05) is 63.2 Å². The standard InChI is InChI=1S/C21H26N2O4/c1-21(2,3)23-20(24)15-27-22-13-17-10-11-18(19(12-17)25-4)26-14-16-8-6-5-7-9-16/h5-13H,14-15H2,1-4H3,(H,23,24)/b22-13-. The monoisotopic (exact) mass is 370 g/mol. The van der Waals surface area contributed by atoms with Gasteiger partial charge in [-0.15, -0.1) is 0 Å². The molecule has 6 heteroatoms. The van der Waals surface area contributed by atoms with E-state index in [1.54, 1.807) is 13.2 Å². The maximum atomic E-state index is 11.7. The number of methoxy groups -OCH3 is 1. The Kier molecular flexibility index (Phi) is 7.23. The second-order valence-electron chi connectivity index (χ2n) is 6.99. The summed E-state index contributed by atoms with van der Waals surface area (Å²) >= 11 is 0. The van der Waals surface area contributed by atoms with Crippen LogP contribution in [0.15, 0.2) is 53.7 Å². The van der Waals surface area contributed by atoms with Gasteiger partial charge in [-0.3, -0.25) is 4.79 Å². The summed E-state index contributed by atoms with van der Waals surface area (Å²) in [7, 11) is 1.58. The lowest BCUT2D eigenvalue weighted by atomic mass is 10.1. The molecule has 0 aliphatic carbocycles. The third kappa shape index (κ3) is 7.40. The number of ether oxygens (including phenoxy) is 2. The van der Waals surface area contributed by atoms with Gasteiger partial charge in [-0.2, -0.15) is 0 Å². The Morgan fingerprint density at radius 3 is 2.52 bits per heavy atom. The fourth-order valence-corrected chi connectivity index (χ4v) is 2.27. The van der Waals surface area contributed by atoms with Crippen LogP contribution in [0.1, 0.15) is 31.9 Å². The Labute approximate surface area is 160 Å². The highest BCUT2D eigenvalue weighted by atomic mass is 16.6. The molecule has 0 atom stereocenters. The molecule has 144 valence electrons. The summed E-state index contributed by atoms with van der Waals surface area (Å²) in [6.07, 6.45) is 1.52. The summed E-state index contributed by atoms with van der Waals surface area (Å²) < 4.78 is 11.2. The minimum Gasteiger partial charge on any atom is -0.493 e. The van der Waals surface area contributed by atoms with Gasteiger partial charge in [0, 0.05) is 11.1 Å². The lowest BCUT2D eigenvalue weighted by Crippen LogP contribution is -2.42. The molecule has 2 aromatic rings. The maximum absolute atomic E-state index is 11.7. The summed E-state index contributed by atoms with van der Waals surface area (Å²) in [6, 6.07) is 15.4. The number of amides is 1. The minimum atomic E-state index is -0.299. The van der Waals surface area contributed by atoms with E-state index in [1.165, 1.54) is 6.21 Å². The van der Waals surface area contributed by atoms with Crippen molar-refractivity contribution in [3.8, 4) is 11.5 Å². The molecule has 0 aromatic heterocycles. The van der Waals surface area contributed by atoms with E-state index in [4.69, 9.17) is 14.3 Å². The van der Waals surface area contributed by atoms with Gasteiger partial charge in [0.25, 0.3) is 5.91 Å². The molecule has 0 aliphatic heterocycles. The molecule has 6 nitrogen and oxygen atoms in total. The van der Waals surface area contributed by atoms with Crippen LogP contribution in [0.3, 0.4) is 0 Å². The second-order valence-corrected chi connectivity index (χ2v) is 6.99. The molecule has 0 aliphatic rings. The highest BCUT2D eigenvalue weighted by Crippen LogP contribution is 2.28. The van der Waals surface area contributed by atoms with Gasteiger partial charge in [0.15, 0.2) is 18.1 Å². The second kappa shape index (κ2) is 9.62. The normalized spacial score (nSPS) is 11.3. The lowest BCUT2D eigenvalue weighted by molar-refractivity contribution is -0.127. The van der Waals surface area contributed by atoms with Gasteiger partial charge in [-0.1, -0.05) is 35.5 Å². The van der Waals surface area contributed by atoms with E-state index in [0.717, 1.165) is 11.1 Å². The van der Waals surface area contributed by atoms with Crippen LogP contribution >= 0.6 is 0 Å². The van der Waals surface area contributed by atoms with Gasteiger partial charge < -0.3 is 19.6 Å². The smallest absolute Gasteiger partial charge is 0.261 e. The largest absolute Gasteiger partial charge is 0.493 e. The van der Waals surface area contributed by atoms with Crippen LogP contribution in [0, 0.1) is 0 Å². The first-order valence-corrected chi connectivity index (χ1v) is 8.68. The Morgan fingerprint density at radius 2 is 1.85 bits per heavy atom. The van der Waals surface area contributed by atoms with Gasteiger partial charge in [-0.25, -0.2) is 0 Å². The lowest BCUT2D eigenvalue weighted by Gasteiger charge is -2.19. The zero-order valence-corrected chi connectivity index (χ0v) is 16.2. The number of benzene rings is 2. The van der Waals surface area contributed by atoms with Gasteiger partial charge in [0.05, 0.1) is 13.3 Å². The highest BCUT2D eigenvalue weighted by Gasteiger charge is 2.13. The van der Waals surface area contributed by atoms with Crippen molar-refractivity contribution in [1.82, 2.24) is 5.32 Å². The molecular formula is C21H26N2O4. The van der Waals surface area contributed by atoms with Gasteiger partial charge in [0.2, 0.25) is 0 Å². The molecule has 0 saturated heterocycles. The van der Waals surface area contributed by atoms with Crippen LogP contribution in [0.5, 0.6) is 11.5 Å². The molecule has 1 N–H and O–H groups in total. The first-order valence-electron chi connectivity index (χ1n) is 8.68. The van der Waals surface area contributed by atoms with Gasteiger partial charge in [-0.05, 0) is 44.5 Å². The number of rotatable bonds is 8. The number of hydrogen-bond acceptors (Lipinski definition) is 5. The van der Waals surface area contributed by atoms with E-state index in [0.29, 0.717) is 18.1 Å². The predicted molar refractivity (Wildman–Crippen MR) is 105 cm³/mol. The number of hydrogen-bond donors (Lipinski definition) is 1. The van der Waals surface area contributed by atoms with Crippen LogP contribution in [0.4, 0.5) is 0 Å². The maximum Gasteiger partial charge on any atom is 0.261 e. The molecule has 0 heterocycles. The van der Waals surface area contributed by atoms with Crippen LogP contribution in [-0.4, -0.2) is 31.4 Å². The Balaban J connectivity index is 1.90. The van der Waals surface area contributed by atoms with Gasteiger partial charge >= 0.3 is 0 Å². The van der Waals surface area contributed by atoms with E-state index in [-0.39, 0.29) is 18.1 Å². The molecule has 2 rings (SSSR count). The average molecular weight is 370 g/mol. The summed E-state index contributed by atoms with van der Waals surface area (Å²) in [6.45, 7) is 6.03. The summed E-state index contributed by atoms with van der Waals surface area (Å²) in [5.74, 6) is 1.02. The van der Waals surface area contributed by atoms with Crippen LogP contribution in [-0.2, 0) is 16.2 Å². The molecule has 0 bridgehead atoms. The fraction of sp³-hybridized carbons (Fsp3) is 0.333. The van der Waals surface area contributed by atoms with Crippen molar-refractivity contribution >= 4 is 12.1 Å². The van der Waals surface area contributed by atoms with Crippen LogP contribution < -0.4 is 14.8 Å². The number of nitrogens with one attached hydrogen (secondary N) is 1. The summed E-state index contributed by atoms with van der Waals surface area (Å²) in [5, 5.41) is 6.62. The third-order valence-electron chi connectivity index (χ3n) is 3.41. The number of carbonyl (C=O) groups excluding carboxylic acids is 1. The van der Waals surface area contributed by atoms with Crippen molar-refractivity contribution in [3.05, 3.63) is 59.7 Å². The molecule has 0 radical (unpaired) electrons. The van der Waals surface area contributed by atoms with Gasteiger partial charge in [0.1, 0.15) is 6.61 Å². The first kappa shape index (κ1) is 20.3. The quantitative estimate of drug-likeness (QED) is 0.570. The third-order valence-corrected chi connectivity index (χ3v) is 3.41. The van der Waals surface area contributed by atoms with Crippen LogP contribution in [0.25, 0.3) is 0 Å². The van der Waals surface area contributed by atoms with Crippen molar-refractivity contribution in [1.29, 1.82) is 0 Å². The molecule has 27 heavy (non-hydrogen) atoms. The van der Waals surface area contributed by atoms with Crippen molar-refractivity contribution in [3.63, 3.8) is 0 Å². The predicted octanol–water partition coefficient (Wildman–Crippen LogP) is 3.54. The Bertz CT molecular complexity index is 767. The molecular weight excluding hydrogens is 344 g/mol. The van der Waals surface area contributed by atoms with Crippen molar-refractivity contribution in [2.24, 2.45) is 5.16 Å². The number of carbonyl (C=O) groups is 1. The average Bonchev–Trinajstić information content (AvgIpc) is 2.63. The van der Waals surface area contributed by atoms with E-state index in [2.05, 4.69) is 10.5 Å². The zero-order chi connectivity index (χ0) is 19.7. The molecule has 0 fully saturated rings. The van der Waals surface area contributed by atoms with E-state index < -0.39 is 0 Å². The van der Waals surface area contributed by atoms with E-state index >= 15 is 0 Å². The summed E-state index contributed by atoms with van der Waals surface area (Å²) in [5.41, 5.74) is 1.55. The Morgan fingerprint density at radius 1 is 1.11 bits per heavy atom. The first-order chi connectivity index (χ1) is 12.9. The number of nitrogens with zero attached hydrogens (tertiary/aromatic N) is 1. The SMILES string of the molecule is COc1cc(/C=N\OCC(=O)NC(C)(C)C)ccc1OCc1ccccc1. The number of oxime groups is 1. The molecule has 0 unspecified atom stereocenters. The van der Waals surface area contributed by atoms with Crippen molar-refractivity contribution in [2.75, 3.05) is 13.7 Å².